The van der Waals surface area contributed by atoms with Gasteiger partial charge in [-0.25, -0.2) is 4.98 Å². The summed E-state index contributed by atoms with van der Waals surface area (Å²) >= 11 is 0. The lowest BCUT2D eigenvalue weighted by molar-refractivity contribution is -0.137. The van der Waals surface area contributed by atoms with E-state index in [1.807, 2.05) is 17.0 Å². The first kappa shape index (κ1) is 31.1. The van der Waals surface area contributed by atoms with Crippen LogP contribution in [0.4, 0.5) is 24.5 Å². The smallest absolute Gasteiger partial charge is 0.406 e. The van der Waals surface area contributed by atoms with Crippen LogP contribution < -0.4 is 14.5 Å². The molecule has 44 heavy (non-hydrogen) atoms. The number of carboxylic acids is 1. The lowest BCUT2D eigenvalue weighted by Gasteiger charge is -2.35. The van der Waals surface area contributed by atoms with Gasteiger partial charge in [-0.1, -0.05) is 0 Å². The molecule has 3 heterocycles. The zero-order valence-corrected chi connectivity index (χ0v) is 24.3. The minimum Gasteiger partial charge on any atom is -0.508 e. The highest BCUT2D eigenvalue weighted by atomic mass is 19.4. The molecular weight excluding hydrogens is 577 g/mol. The highest BCUT2D eigenvalue weighted by Crippen LogP contribution is 2.45. The van der Waals surface area contributed by atoms with Crippen molar-refractivity contribution in [2.45, 2.75) is 51.1 Å². The number of anilines is 2. The fourth-order valence-electron chi connectivity index (χ4n) is 5.79. The van der Waals surface area contributed by atoms with Gasteiger partial charge in [-0.05, 0) is 86.3 Å². The molecule has 1 amide bonds. The second kappa shape index (κ2) is 13.1. The van der Waals surface area contributed by atoms with Crippen LogP contribution in [0.5, 0.6) is 11.6 Å². The van der Waals surface area contributed by atoms with Crippen molar-refractivity contribution in [3.8, 4) is 11.6 Å². The van der Waals surface area contributed by atoms with Crippen molar-refractivity contribution in [1.82, 2.24) is 9.97 Å². The second-order valence-electron chi connectivity index (χ2n) is 11.6. The number of aromatic nitrogens is 2. The van der Waals surface area contributed by atoms with Gasteiger partial charge in [-0.2, -0.15) is 13.2 Å². The van der Waals surface area contributed by atoms with Gasteiger partial charge in [-0.15, -0.1) is 0 Å². The monoisotopic (exact) mass is 612 g/mol. The quantitative estimate of drug-likeness (QED) is 0.273. The van der Waals surface area contributed by atoms with Crippen LogP contribution in [0.25, 0.3) is 0 Å². The van der Waals surface area contributed by atoms with Crippen LogP contribution in [0.15, 0.2) is 54.9 Å². The first-order chi connectivity index (χ1) is 21.0. The predicted molar refractivity (Wildman–Crippen MR) is 157 cm³/mol. The molecule has 1 unspecified atom stereocenters. The number of nitrogens with zero attached hydrogens (tertiary/aromatic N) is 4. The highest BCUT2D eigenvalue weighted by molar-refractivity contribution is 6.10. The molecule has 1 saturated heterocycles. The van der Waals surface area contributed by atoms with Gasteiger partial charge in [0.15, 0.2) is 0 Å². The van der Waals surface area contributed by atoms with E-state index < -0.39 is 24.6 Å². The molecule has 1 aliphatic carbocycles. The number of benzene rings is 1. The Labute approximate surface area is 253 Å². The average Bonchev–Trinajstić information content (AvgIpc) is 3.83. The largest absolute Gasteiger partial charge is 0.508 e. The van der Waals surface area contributed by atoms with Crippen molar-refractivity contribution in [3.05, 3.63) is 71.7 Å². The first-order valence-electron chi connectivity index (χ1n) is 14.7. The van der Waals surface area contributed by atoms with Gasteiger partial charge < -0.3 is 19.8 Å². The molecule has 234 valence electrons. The highest BCUT2D eigenvalue weighted by Gasteiger charge is 2.36. The Bertz CT molecular complexity index is 1490. The summed E-state index contributed by atoms with van der Waals surface area (Å²) in [6, 6.07) is 10.5. The van der Waals surface area contributed by atoms with Crippen molar-refractivity contribution < 1.29 is 37.7 Å². The zero-order chi connectivity index (χ0) is 31.4. The van der Waals surface area contributed by atoms with Crippen molar-refractivity contribution in [1.29, 1.82) is 0 Å². The Morgan fingerprint density at radius 2 is 1.77 bits per heavy atom. The van der Waals surface area contributed by atoms with Crippen LogP contribution in [0.1, 0.15) is 59.6 Å². The third kappa shape index (κ3) is 7.97. The molecule has 0 bridgehead atoms. The molecule has 2 N–H and O–H groups in total. The van der Waals surface area contributed by atoms with Crippen LogP contribution in [0.3, 0.4) is 0 Å². The summed E-state index contributed by atoms with van der Waals surface area (Å²) in [6.07, 6.45) is 1.84. The van der Waals surface area contributed by atoms with E-state index in [1.54, 1.807) is 13.1 Å². The van der Waals surface area contributed by atoms with Gasteiger partial charge in [0.2, 0.25) is 5.88 Å². The zero-order valence-electron chi connectivity index (χ0n) is 24.3. The molecule has 3 aromatic rings. The SMILES string of the molecule is Cc1cc(N(CC(F)(F)F)C(=O)c2ccc(O)cc2N2CCC(COc3cc(C(CC(=O)O)C4CC4)ccn3)CC2)ccn1. The van der Waals surface area contributed by atoms with Gasteiger partial charge in [0, 0.05) is 49.0 Å². The van der Waals surface area contributed by atoms with E-state index >= 15 is 0 Å². The van der Waals surface area contributed by atoms with E-state index in [1.165, 1.54) is 36.5 Å². The van der Waals surface area contributed by atoms with Crippen LogP contribution >= 0.6 is 0 Å². The number of alkyl halides is 3. The molecule has 1 aromatic carbocycles. The van der Waals surface area contributed by atoms with Crippen molar-refractivity contribution in [3.63, 3.8) is 0 Å². The van der Waals surface area contributed by atoms with E-state index in [9.17, 15) is 33.0 Å². The molecule has 9 nitrogen and oxygen atoms in total. The van der Waals surface area contributed by atoms with Crippen molar-refractivity contribution in [2.24, 2.45) is 11.8 Å². The summed E-state index contributed by atoms with van der Waals surface area (Å²) in [5, 5.41) is 19.6. The first-order valence-corrected chi connectivity index (χ1v) is 14.7. The second-order valence-corrected chi connectivity index (χ2v) is 11.6. The summed E-state index contributed by atoms with van der Waals surface area (Å²) in [4.78, 5) is 36.0. The minimum absolute atomic E-state index is 0.0591. The average molecular weight is 613 g/mol. The number of piperidine rings is 1. The number of hydrogen-bond acceptors (Lipinski definition) is 7. The summed E-state index contributed by atoms with van der Waals surface area (Å²) in [7, 11) is 0. The summed E-state index contributed by atoms with van der Waals surface area (Å²) < 4.78 is 46.7. The molecule has 2 aromatic heterocycles. The minimum atomic E-state index is -4.63. The summed E-state index contributed by atoms with van der Waals surface area (Å²) in [6.45, 7) is 1.56. The Balaban J connectivity index is 1.26. The maximum atomic E-state index is 13.7. The van der Waals surface area contributed by atoms with E-state index in [0.29, 0.717) is 60.6 Å². The van der Waals surface area contributed by atoms with E-state index in [2.05, 4.69) is 9.97 Å². The molecule has 0 radical (unpaired) electrons. The number of phenols is 1. The van der Waals surface area contributed by atoms with Crippen LogP contribution in [-0.4, -0.2) is 64.5 Å². The Kier molecular flexibility index (Phi) is 9.26. The Hall–Kier alpha value is -4.35. The lowest BCUT2D eigenvalue weighted by Crippen LogP contribution is -2.41. The molecule has 12 heteroatoms. The number of amides is 1. The van der Waals surface area contributed by atoms with E-state index in [0.717, 1.165) is 18.4 Å². The van der Waals surface area contributed by atoms with E-state index in [4.69, 9.17) is 4.74 Å². The number of carbonyl (C=O) groups excluding carboxylic acids is 1. The maximum absolute atomic E-state index is 13.7. The van der Waals surface area contributed by atoms with Gasteiger partial charge in [0.1, 0.15) is 12.3 Å². The third-order valence-electron chi connectivity index (χ3n) is 8.18. The predicted octanol–water partition coefficient (Wildman–Crippen LogP) is 5.96. The van der Waals surface area contributed by atoms with Gasteiger partial charge in [0.25, 0.3) is 5.91 Å². The topological polar surface area (TPSA) is 116 Å². The molecule has 2 aliphatic rings. The molecule has 5 rings (SSSR count). The molecule has 1 aliphatic heterocycles. The number of carbonyl (C=O) groups is 2. The Morgan fingerprint density at radius 3 is 2.43 bits per heavy atom. The van der Waals surface area contributed by atoms with Gasteiger partial charge >= 0.3 is 12.1 Å². The molecule has 1 atom stereocenters. The van der Waals surface area contributed by atoms with Crippen molar-refractivity contribution >= 4 is 23.3 Å². The summed E-state index contributed by atoms with van der Waals surface area (Å²) in [5.41, 5.74) is 1.90. The Morgan fingerprint density at radius 1 is 1.05 bits per heavy atom. The number of pyridine rings is 2. The standard InChI is InChI=1S/C32H35F3N4O5/c1-20-14-24(7-11-36-20)39(19-32(33,34)35)31(43)26-5-4-25(40)16-28(26)38-12-8-21(9-13-38)18-44-29-15-23(6-10-37-29)27(17-30(41)42)22-2-3-22/h4-7,10-11,14-16,21-22,27,40H,2-3,8-9,12-13,17-19H2,1H3,(H,41,42). The summed E-state index contributed by atoms with van der Waals surface area (Å²) in [5.74, 6) is -0.839. The number of aromatic hydroxyl groups is 1. The molecular formula is C32H35F3N4O5. The maximum Gasteiger partial charge on any atom is 0.406 e. The normalized spacial score (nSPS) is 16.4. The van der Waals surface area contributed by atoms with E-state index in [-0.39, 0.29) is 35.3 Å². The lowest BCUT2D eigenvalue weighted by atomic mass is 9.92. The number of phenolic OH excluding ortho intramolecular Hbond substituents is 1. The number of halogens is 3. The molecule has 2 fully saturated rings. The number of aryl methyl sites for hydroxylation is 1. The number of rotatable bonds is 11. The van der Waals surface area contributed by atoms with Crippen molar-refractivity contribution in [2.75, 3.05) is 36.0 Å². The fraction of sp³-hybridized carbons (Fsp3) is 0.438. The fourth-order valence-corrected chi connectivity index (χ4v) is 5.79. The number of ether oxygens (including phenoxy) is 1. The third-order valence-corrected chi connectivity index (χ3v) is 8.18. The van der Waals surface area contributed by atoms with Gasteiger partial charge in [-0.3, -0.25) is 19.5 Å². The number of carboxylic acid groups (broad SMARTS) is 1. The van der Waals surface area contributed by atoms with Crippen LogP contribution in [0.2, 0.25) is 0 Å². The molecule has 0 spiro atoms. The van der Waals surface area contributed by atoms with Crippen LogP contribution in [0, 0.1) is 18.8 Å². The molecule has 1 saturated carbocycles. The number of hydrogen-bond donors (Lipinski definition) is 2. The number of aliphatic carboxylic acids is 1. The van der Waals surface area contributed by atoms with Crippen LogP contribution in [-0.2, 0) is 4.79 Å². The van der Waals surface area contributed by atoms with Gasteiger partial charge in [0.05, 0.1) is 24.3 Å².